The van der Waals surface area contributed by atoms with Crippen molar-refractivity contribution in [2.75, 3.05) is 24.7 Å². The molecule has 2 N–H and O–H groups in total. The first-order valence-electron chi connectivity index (χ1n) is 4.92. The number of aromatic nitrogens is 1. The highest BCUT2D eigenvalue weighted by atomic mass is 32.2. The highest BCUT2D eigenvalue weighted by molar-refractivity contribution is 7.85. The molecule has 0 bridgehead atoms. The maximum absolute atomic E-state index is 11.7. The molecule has 0 saturated carbocycles. The molecule has 0 spiro atoms. The van der Waals surface area contributed by atoms with Crippen molar-refractivity contribution in [2.45, 2.75) is 18.4 Å². The minimum atomic E-state index is -1.11. The predicted octanol–water partition coefficient (Wildman–Crippen LogP) is 1.20. The summed E-state index contributed by atoms with van der Waals surface area (Å²) in [4.78, 5) is 4.01. The Bertz CT molecular complexity index is 331. The monoisotopic (exact) mass is 228 g/mol. The summed E-state index contributed by atoms with van der Waals surface area (Å²) in [6, 6.07) is 3.44. The van der Waals surface area contributed by atoms with Crippen LogP contribution in [0.3, 0.4) is 0 Å². The summed E-state index contributed by atoms with van der Waals surface area (Å²) < 4.78 is 16.9. The number of hydrogen-bond acceptors (Lipinski definition) is 4. The predicted molar refractivity (Wildman–Crippen MR) is 61.0 cm³/mol. The maximum atomic E-state index is 11.7. The first-order chi connectivity index (χ1) is 7.25. The minimum absolute atomic E-state index is 0.481. The van der Waals surface area contributed by atoms with E-state index in [-0.39, 0.29) is 0 Å². The first kappa shape index (κ1) is 12.1. The molecule has 0 aliphatic carbocycles. The molecule has 15 heavy (non-hydrogen) atoms. The molecule has 1 heterocycles. The van der Waals surface area contributed by atoms with E-state index < -0.39 is 10.8 Å². The maximum Gasteiger partial charge on any atom is 0.150 e. The average molecular weight is 228 g/mol. The van der Waals surface area contributed by atoms with Gasteiger partial charge in [0.1, 0.15) is 5.03 Å². The summed E-state index contributed by atoms with van der Waals surface area (Å²) in [7, 11) is -1.11. The second kappa shape index (κ2) is 6.53. The number of hydrogen-bond donors (Lipinski definition) is 1. The summed E-state index contributed by atoms with van der Waals surface area (Å²) in [5.74, 6) is 0.543. The molecule has 1 aromatic heterocycles. The van der Waals surface area contributed by atoms with Gasteiger partial charge in [0.05, 0.1) is 16.5 Å². The third-order valence-electron chi connectivity index (χ3n) is 1.84. The molecular weight excluding hydrogens is 212 g/mol. The minimum Gasteiger partial charge on any atom is -0.396 e. The molecule has 1 unspecified atom stereocenters. The Hall–Kier alpha value is -0.940. The van der Waals surface area contributed by atoms with E-state index in [0.29, 0.717) is 29.7 Å². The normalized spacial score (nSPS) is 12.6. The van der Waals surface area contributed by atoms with Crippen LogP contribution in [0.5, 0.6) is 0 Å². The summed E-state index contributed by atoms with van der Waals surface area (Å²) in [5, 5.41) is 0.481. The third kappa shape index (κ3) is 3.97. The molecule has 0 aromatic carbocycles. The molecule has 4 nitrogen and oxygen atoms in total. The van der Waals surface area contributed by atoms with Crippen molar-refractivity contribution in [1.29, 1.82) is 0 Å². The molecule has 1 atom stereocenters. The number of rotatable bonds is 6. The smallest absolute Gasteiger partial charge is 0.150 e. The van der Waals surface area contributed by atoms with Crippen LogP contribution in [-0.2, 0) is 15.5 Å². The quantitative estimate of drug-likeness (QED) is 0.743. The van der Waals surface area contributed by atoms with E-state index in [4.69, 9.17) is 10.5 Å². The van der Waals surface area contributed by atoms with E-state index in [1.165, 1.54) is 0 Å². The van der Waals surface area contributed by atoms with Crippen LogP contribution in [0.25, 0.3) is 0 Å². The fourth-order valence-electron chi connectivity index (χ4n) is 1.13. The van der Waals surface area contributed by atoms with Crippen molar-refractivity contribution in [3.05, 3.63) is 18.3 Å². The van der Waals surface area contributed by atoms with Gasteiger partial charge in [-0.2, -0.15) is 0 Å². The lowest BCUT2D eigenvalue weighted by Gasteiger charge is -2.04. The molecule has 0 radical (unpaired) electrons. The Morgan fingerprint density at radius 3 is 3.07 bits per heavy atom. The zero-order chi connectivity index (χ0) is 11.1. The van der Waals surface area contributed by atoms with Crippen LogP contribution in [0.15, 0.2) is 23.4 Å². The van der Waals surface area contributed by atoms with E-state index in [1.807, 2.05) is 6.92 Å². The number of anilines is 1. The SMILES string of the molecule is CCOCCCS(=O)c1ncccc1N. The Balaban J connectivity index is 2.44. The van der Waals surface area contributed by atoms with Gasteiger partial charge in [-0.05, 0) is 25.5 Å². The van der Waals surface area contributed by atoms with Crippen LogP contribution in [0.4, 0.5) is 5.69 Å². The summed E-state index contributed by atoms with van der Waals surface area (Å²) in [5.41, 5.74) is 6.16. The molecule has 0 saturated heterocycles. The van der Waals surface area contributed by atoms with Gasteiger partial charge in [0, 0.05) is 25.2 Å². The molecule has 0 amide bonds. The van der Waals surface area contributed by atoms with Crippen molar-refractivity contribution >= 4 is 16.5 Å². The van der Waals surface area contributed by atoms with Crippen LogP contribution in [0.1, 0.15) is 13.3 Å². The van der Waals surface area contributed by atoms with Crippen molar-refractivity contribution < 1.29 is 8.95 Å². The van der Waals surface area contributed by atoms with Crippen LogP contribution in [0.2, 0.25) is 0 Å². The largest absolute Gasteiger partial charge is 0.396 e. The number of nitrogen functional groups attached to an aromatic ring is 1. The summed E-state index contributed by atoms with van der Waals surface area (Å²) in [6.45, 7) is 3.26. The zero-order valence-corrected chi connectivity index (χ0v) is 9.63. The molecule has 1 rings (SSSR count). The standard InChI is InChI=1S/C10H16N2O2S/c1-2-14-7-4-8-15(13)10-9(11)5-3-6-12-10/h3,5-6H,2,4,7-8,11H2,1H3. The second-order valence-corrected chi connectivity index (χ2v) is 4.48. The Morgan fingerprint density at radius 2 is 2.40 bits per heavy atom. The van der Waals surface area contributed by atoms with Gasteiger partial charge >= 0.3 is 0 Å². The zero-order valence-electron chi connectivity index (χ0n) is 8.81. The first-order valence-corrected chi connectivity index (χ1v) is 6.24. The highest BCUT2D eigenvalue weighted by Crippen LogP contribution is 2.12. The lowest BCUT2D eigenvalue weighted by molar-refractivity contribution is 0.149. The Kier molecular flexibility index (Phi) is 5.28. The van der Waals surface area contributed by atoms with Crippen LogP contribution >= 0.6 is 0 Å². The number of ether oxygens (including phenoxy) is 1. The van der Waals surface area contributed by atoms with E-state index in [9.17, 15) is 4.21 Å². The Morgan fingerprint density at radius 1 is 1.60 bits per heavy atom. The average Bonchev–Trinajstić information content (AvgIpc) is 2.25. The third-order valence-corrected chi connectivity index (χ3v) is 3.27. The van der Waals surface area contributed by atoms with Gasteiger partial charge < -0.3 is 10.5 Å². The van der Waals surface area contributed by atoms with Crippen LogP contribution in [0, 0.1) is 0 Å². The van der Waals surface area contributed by atoms with Gasteiger partial charge in [0.25, 0.3) is 0 Å². The summed E-state index contributed by atoms with van der Waals surface area (Å²) in [6.07, 6.45) is 2.36. The topological polar surface area (TPSA) is 65.2 Å². The van der Waals surface area contributed by atoms with Gasteiger partial charge in [-0.3, -0.25) is 4.21 Å². The molecular formula is C10H16N2O2S. The molecule has 5 heteroatoms. The second-order valence-electron chi connectivity index (χ2n) is 3.00. The van der Waals surface area contributed by atoms with Gasteiger partial charge in [0.15, 0.2) is 0 Å². The van der Waals surface area contributed by atoms with E-state index in [2.05, 4.69) is 4.98 Å². The van der Waals surface area contributed by atoms with Crippen molar-refractivity contribution in [1.82, 2.24) is 4.98 Å². The van der Waals surface area contributed by atoms with Gasteiger partial charge in [-0.25, -0.2) is 4.98 Å². The fraction of sp³-hybridized carbons (Fsp3) is 0.500. The van der Waals surface area contributed by atoms with Crippen molar-refractivity contribution in [3.63, 3.8) is 0 Å². The molecule has 84 valence electrons. The highest BCUT2D eigenvalue weighted by Gasteiger charge is 2.08. The van der Waals surface area contributed by atoms with Gasteiger partial charge in [-0.1, -0.05) is 0 Å². The van der Waals surface area contributed by atoms with Crippen LogP contribution in [-0.4, -0.2) is 28.2 Å². The molecule has 1 aromatic rings. The number of nitrogens with zero attached hydrogens (tertiary/aromatic N) is 1. The van der Waals surface area contributed by atoms with Crippen LogP contribution < -0.4 is 5.73 Å². The fourth-order valence-corrected chi connectivity index (χ4v) is 2.21. The van der Waals surface area contributed by atoms with Gasteiger partial charge in [-0.15, -0.1) is 0 Å². The van der Waals surface area contributed by atoms with E-state index in [1.54, 1.807) is 18.3 Å². The van der Waals surface area contributed by atoms with E-state index >= 15 is 0 Å². The molecule has 0 fully saturated rings. The van der Waals surface area contributed by atoms with Crippen molar-refractivity contribution in [3.8, 4) is 0 Å². The summed E-state index contributed by atoms with van der Waals surface area (Å²) >= 11 is 0. The van der Waals surface area contributed by atoms with Gasteiger partial charge in [0.2, 0.25) is 0 Å². The number of nitrogens with two attached hydrogens (primary N) is 1. The number of pyridine rings is 1. The van der Waals surface area contributed by atoms with E-state index in [0.717, 1.165) is 6.42 Å². The lowest BCUT2D eigenvalue weighted by atomic mass is 10.4. The lowest BCUT2D eigenvalue weighted by Crippen LogP contribution is -2.06. The van der Waals surface area contributed by atoms with Crippen molar-refractivity contribution in [2.24, 2.45) is 0 Å². The Labute approximate surface area is 92.3 Å². The molecule has 0 aliphatic rings. The molecule has 0 aliphatic heterocycles.